The van der Waals surface area contributed by atoms with Gasteiger partial charge in [0.15, 0.2) is 0 Å². The van der Waals surface area contributed by atoms with Gasteiger partial charge in [0.25, 0.3) is 0 Å². The molecule has 2 aromatic carbocycles. The Morgan fingerprint density at radius 2 is 2.00 bits per heavy atom. The highest BCUT2D eigenvalue weighted by molar-refractivity contribution is 6.22. The van der Waals surface area contributed by atoms with Crippen molar-refractivity contribution in [1.82, 2.24) is 0 Å². The molecule has 0 amide bonds. The number of benzene rings is 2. The summed E-state index contributed by atoms with van der Waals surface area (Å²) in [6, 6.07) is 12.8. The number of hydrogen-bond acceptors (Lipinski definition) is 1. The maximum atomic E-state index is 6.74. The van der Waals surface area contributed by atoms with Crippen molar-refractivity contribution in [1.29, 1.82) is 0 Å². The Morgan fingerprint density at radius 1 is 1.16 bits per heavy atom. The molecule has 1 heterocycles. The minimum absolute atomic E-state index is 0.0496. The maximum Gasteiger partial charge on any atom is 0.0855 e. The van der Waals surface area contributed by atoms with Crippen LogP contribution in [0.1, 0.15) is 35.8 Å². The van der Waals surface area contributed by atoms with E-state index in [0.717, 1.165) is 19.4 Å². The quantitative estimate of drug-likeness (QED) is 0.701. The second kappa shape index (κ2) is 5.52. The summed E-state index contributed by atoms with van der Waals surface area (Å²) >= 11 is 6.74. The van der Waals surface area contributed by atoms with E-state index in [-0.39, 0.29) is 11.5 Å². The lowest BCUT2D eigenvalue weighted by atomic mass is 9.92. The molecule has 1 fully saturated rings. The normalized spacial score (nSPS) is 21.5. The SMILES string of the molecule is Cc1ccc2ccccc2c1C(Cl)C1CCCCO1. The van der Waals surface area contributed by atoms with Gasteiger partial charge in [-0.1, -0.05) is 36.4 Å². The molecule has 0 N–H and O–H groups in total. The third kappa shape index (κ3) is 2.50. The number of alkyl halides is 1. The van der Waals surface area contributed by atoms with Crippen LogP contribution in [0.15, 0.2) is 36.4 Å². The van der Waals surface area contributed by atoms with Gasteiger partial charge in [0.05, 0.1) is 11.5 Å². The summed E-state index contributed by atoms with van der Waals surface area (Å²) in [5, 5.41) is 2.47. The summed E-state index contributed by atoms with van der Waals surface area (Å²) in [6.45, 7) is 2.98. The molecule has 3 rings (SSSR count). The van der Waals surface area contributed by atoms with Crippen LogP contribution in [0.3, 0.4) is 0 Å². The monoisotopic (exact) mass is 274 g/mol. The molecule has 0 radical (unpaired) electrons. The first-order valence-corrected chi connectivity index (χ1v) is 7.45. The van der Waals surface area contributed by atoms with Gasteiger partial charge in [-0.15, -0.1) is 11.6 Å². The number of fused-ring (bicyclic) bond motifs is 1. The second-order valence-electron chi connectivity index (χ2n) is 5.32. The maximum absolute atomic E-state index is 6.74. The largest absolute Gasteiger partial charge is 0.376 e. The van der Waals surface area contributed by atoms with E-state index >= 15 is 0 Å². The van der Waals surface area contributed by atoms with Gasteiger partial charge < -0.3 is 4.74 Å². The molecule has 0 bridgehead atoms. The third-order valence-electron chi connectivity index (χ3n) is 4.01. The van der Waals surface area contributed by atoms with E-state index in [1.807, 2.05) is 0 Å². The molecule has 0 aliphatic carbocycles. The highest BCUT2D eigenvalue weighted by atomic mass is 35.5. The van der Waals surface area contributed by atoms with Gasteiger partial charge in [-0.3, -0.25) is 0 Å². The van der Waals surface area contributed by atoms with Crippen molar-refractivity contribution in [2.24, 2.45) is 0 Å². The summed E-state index contributed by atoms with van der Waals surface area (Å²) < 4.78 is 5.87. The van der Waals surface area contributed by atoms with Crippen LogP contribution in [0, 0.1) is 6.92 Å². The number of ether oxygens (including phenoxy) is 1. The summed E-state index contributed by atoms with van der Waals surface area (Å²) in [5.74, 6) is 0. The Labute approximate surface area is 119 Å². The first-order valence-electron chi connectivity index (χ1n) is 7.01. The van der Waals surface area contributed by atoms with Crippen LogP contribution in [0.25, 0.3) is 10.8 Å². The summed E-state index contributed by atoms with van der Waals surface area (Å²) in [7, 11) is 0. The van der Waals surface area contributed by atoms with Crippen molar-refractivity contribution in [2.75, 3.05) is 6.61 Å². The van der Waals surface area contributed by atoms with Crippen molar-refractivity contribution in [3.05, 3.63) is 47.5 Å². The molecule has 1 nitrogen and oxygen atoms in total. The topological polar surface area (TPSA) is 9.23 Å². The van der Waals surface area contributed by atoms with Crippen molar-refractivity contribution in [3.8, 4) is 0 Å². The van der Waals surface area contributed by atoms with Crippen LogP contribution in [0.5, 0.6) is 0 Å². The molecule has 0 spiro atoms. The van der Waals surface area contributed by atoms with E-state index in [1.165, 1.54) is 28.3 Å². The predicted molar refractivity (Wildman–Crippen MR) is 80.9 cm³/mol. The number of halogens is 1. The summed E-state index contributed by atoms with van der Waals surface area (Å²) in [5.41, 5.74) is 2.50. The Kier molecular flexibility index (Phi) is 3.76. The molecule has 100 valence electrons. The zero-order valence-corrected chi connectivity index (χ0v) is 12.0. The van der Waals surface area contributed by atoms with Gasteiger partial charge in [-0.25, -0.2) is 0 Å². The van der Waals surface area contributed by atoms with Gasteiger partial charge in [0.1, 0.15) is 0 Å². The van der Waals surface area contributed by atoms with E-state index in [2.05, 4.69) is 43.3 Å². The van der Waals surface area contributed by atoms with E-state index in [9.17, 15) is 0 Å². The molecular weight excluding hydrogens is 256 g/mol. The standard InChI is InChI=1S/C17H19ClO/c1-12-9-10-13-6-2-3-7-14(13)16(12)17(18)15-8-4-5-11-19-15/h2-3,6-7,9-10,15,17H,4-5,8,11H2,1H3. The van der Waals surface area contributed by atoms with Gasteiger partial charge in [-0.05, 0) is 48.1 Å². The lowest BCUT2D eigenvalue weighted by molar-refractivity contribution is 0.0137. The third-order valence-corrected chi connectivity index (χ3v) is 4.51. The van der Waals surface area contributed by atoms with E-state index in [1.54, 1.807) is 0 Å². The molecule has 2 atom stereocenters. The Bertz CT molecular complexity index is 572. The van der Waals surface area contributed by atoms with Gasteiger partial charge in [0.2, 0.25) is 0 Å². The van der Waals surface area contributed by atoms with E-state index in [0.29, 0.717) is 0 Å². The predicted octanol–water partition coefficient (Wildman–Crippen LogP) is 5.00. The number of hydrogen-bond donors (Lipinski definition) is 0. The number of aryl methyl sites for hydroxylation is 1. The van der Waals surface area contributed by atoms with Crippen LogP contribution in [-0.2, 0) is 4.74 Å². The molecule has 1 saturated heterocycles. The van der Waals surface area contributed by atoms with Crippen molar-refractivity contribution >= 4 is 22.4 Å². The van der Waals surface area contributed by atoms with Crippen molar-refractivity contribution in [3.63, 3.8) is 0 Å². The molecule has 1 aliphatic heterocycles. The summed E-state index contributed by atoms with van der Waals surface area (Å²) in [4.78, 5) is 0. The Hall–Kier alpha value is -1.05. The lowest BCUT2D eigenvalue weighted by Crippen LogP contribution is -2.24. The highest BCUT2D eigenvalue weighted by Crippen LogP contribution is 2.37. The molecule has 2 heteroatoms. The highest BCUT2D eigenvalue weighted by Gasteiger charge is 2.26. The van der Waals surface area contributed by atoms with Crippen LogP contribution in [-0.4, -0.2) is 12.7 Å². The Morgan fingerprint density at radius 3 is 2.79 bits per heavy atom. The zero-order valence-electron chi connectivity index (χ0n) is 11.2. The molecule has 1 aliphatic rings. The molecule has 0 saturated carbocycles. The first-order chi connectivity index (χ1) is 9.27. The van der Waals surface area contributed by atoms with Crippen LogP contribution < -0.4 is 0 Å². The minimum Gasteiger partial charge on any atom is -0.376 e. The minimum atomic E-state index is -0.0496. The van der Waals surface area contributed by atoms with Crippen LogP contribution in [0.2, 0.25) is 0 Å². The molecule has 0 aromatic heterocycles. The fourth-order valence-corrected chi connectivity index (χ4v) is 3.44. The lowest BCUT2D eigenvalue weighted by Gasteiger charge is -2.28. The molecule has 19 heavy (non-hydrogen) atoms. The fraction of sp³-hybridized carbons (Fsp3) is 0.412. The average Bonchev–Trinajstić information content (AvgIpc) is 2.47. The molecular formula is C17H19ClO. The van der Waals surface area contributed by atoms with Crippen LogP contribution >= 0.6 is 11.6 Å². The van der Waals surface area contributed by atoms with Gasteiger partial charge >= 0.3 is 0 Å². The van der Waals surface area contributed by atoms with E-state index in [4.69, 9.17) is 16.3 Å². The number of rotatable bonds is 2. The molecule has 2 unspecified atom stereocenters. The smallest absolute Gasteiger partial charge is 0.0855 e. The molecule has 2 aromatic rings. The van der Waals surface area contributed by atoms with E-state index < -0.39 is 0 Å². The Balaban J connectivity index is 2.05. The summed E-state index contributed by atoms with van der Waals surface area (Å²) in [6.07, 6.45) is 3.60. The van der Waals surface area contributed by atoms with Crippen molar-refractivity contribution in [2.45, 2.75) is 37.7 Å². The first kappa shape index (κ1) is 13.0. The van der Waals surface area contributed by atoms with Crippen molar-refractivity contribution < 1.29 is 4.74 Å². The van der Waals surface area contributed by atoms with Gasteiger partial charge in [-0.2, -0.15) is 0 Å². The zero-order chi connectivity index (χ0) is 13.2. The van der Waals surface area contributed by atoms with Crippen LogP contribution in [0.4, 0.5) is 0 Å². The average molecular weight is 275 g/mol. The fourth-order valence-electron chi connectivity index (χ4n) is 2.95. The van der Waals surface area contributed by atoms with Gasteiger partial charge in [0, 0.05) is 6.61 Å². The second-order valence-corrected chi connectivity index (χ2v) is 5.79.